The van der Waals surface area contributed by atoms with Gasteiger partial charge in [-0.25, -0.2) is 0 Å². The Hall–Kier alpha value is -1.22. The van der Waals surface area contributed by atoms with E-state index in [0.29, 0.717) is 6.04 Å². The molecule has 1 atom stereocenters. The van der Waals surface area contributed by atoms with Crippen molar-refractivity contribution in [2.45, 2.75) is 31.3 Å². The first-order valence-electron chi connectivity index (χ1n) is 6.18. The molecule has 0 bridgehead atoms. The van der Waals surface area contributed by atoms with Crippen LogP contribution < -0.4 is 11.1 Å². The van der Waals surface area contributed by atoms with Crippen LogP contribution in [-0.4, -0.2) is 30.1 Å². The number of anilines is 2. The summed E-state index contributed by atoms with van der Waals surface area (Å²) < 4.78 is 0. The number of hydrogen-bond donors (Lipinski definition) is 2. The second-order valence-electron chi connectivity index (χ2n) is 4.94. The van der Waals surface area contributed by atoms with Crippen molar-refractivity contribution in [3.63, 3.8) is 0 Å². The van der Waals surface area contributed by atoms with E-state index in [9.17, 15) is 0 Å². The zero-order valence-corrected chi connectivity index (χ0v) is 9.52. The number of nitrogens with zero attached hydrogens (tertiary/aromatic N) is 1. The van der Waals surface area contributed by atoms with Crippen LogP contribution >= 0.6 is 0 Å². The molecule has 3 heteroatoms. The summed E-state index contributed by atoms with van der Waals surface area (Å²) in [5, 5.41) is 3.56. The molecule has 1 heterocycles. The lowest BCUT2D eigenvalue weighted by molar-refractivity contribution is 0.326. The van der Waals surface area contributed by atoms with E-state index in [2.05, 4.69) is 16.3 Å². The summed E-state index contributed by atoms with van der Waals surface area (Å²) in [6, 6.07) is 9.49. The predicted octanol–water partition coefficient (Wildman–Crippen LogP) is 1.92. The molecule has 3 N–H and O–H groups in total. The van der Waals surface area contributed by atoms with Crippen LogP contribution in [-0.2, 0) is 0 Å². The van der Waals surface area contributed by atoms with Gasteiger partial charge in [0.15, 0.2) is 0 Å². The summed E-state index contributed by atoms with van der Waals surface area (Å²) in [6.45, 7) is 2.42. The average molecular weight is 217 g/mol. The maximum absolute atomic E-state index is 5.93. The van der Waals surface area contributed by atoms with Gasteiger partial charge in [0.05, 0.1) is 11.4 Å². The Morgan fingerprint density at radius 1 is 1.19 bits per heavy atom. The second-order valence-corrected chi connectivity index (χ2v) is 4.94. The van der Waals surface area contributed by atoms with E-state index in [-0.39, 0.29) is 0 Å². The Bertz CT molecular complexity index is 373. The maximum atomic E-state index is 5.93. The third kappa shape index (κ3) is 2.00. The molecular formula is C13H19N3. The molecule has 0 radical (unpaired) electrons. The zero-order chi connectivity index (χ0) is 11.0. The highest BCUT2D eigenvalue weighted by atomic mass is 15.2. The normalized spacial score (nSPS) is 25.9. The number of benzene rings is 1. The first-order chi connectivity index (χ1) is 7.83. The number of para-hydroxylation sites is 2. The Morgan fingerprint density at radius 2 is 2.00 bits per heavy atom. The number of nitrogens with one attached hydrogen (secondary N) is 1. The van der Waals surface area contributed by atoms with Gasteiger partial charge in [-0.2, -0.15) is 0 Å². The molecule has 3 rings (SSSR count). The number of rotatable bonds is 3. The van der Waals surface area contributed by atoms with E-state index in [1.54, 1.807) is 0 Å². The molecule has 1 aliphatic carbocycles. The smallest absolute Gasteiger partial charge is 0.0576 e. The molecule has 2 fully saturated rings. The van der Waals surface area contributed by atoms with Crippen molar-refractivity contribution in [3.8, 4) is 0 Å². The van der Waals surface area contributed by atoms with Crippen LogP contribution in [0.4, 0.5) is 11.4 Å². The van der Waals surface area contributed by atoms with Gasteiger partial charge in [-0.1, -0.05) is 12.1 Å². The molecule has 0 aromatic heterocycles. The number of likely N-dealkylation sites (tertiary alicyclic amines) is 1. The van der Waals surface area contributed by atoms with Gasteiger partial charge >= 0.3 is 0 Å². The largest absolute Gasteiger partial charge is 0.397 e. The van der Waals surface area contributed by atoms with E-state index in [4.69, 9.17) is 5.73 Å². The van der Waals surface area contributed by atoms with Crippen molar-refractivity contribution >= 4 is 11.4 Å². The van der Waals surface area contributed by atoms with Gasteiger partial charge in [0.2, 0.25) is 0 Å². The average Bonchev–Trinajstić information content (AvgIpc) is 3.03. The minimum Gasteiger partial charge on any atom is -0.397 e. The highest BCUT2D eigenvalue weighted by Crippen LogP contribution is 2.31. The first kappa shape index (κ1) is 9.97. The quantitative estimate of drug-likeness (QED) is 0.760. The van der Waals surface area contributed by atoms with Gasteiger partial charge in [0, 0.05) is 25.2 Å². The van der Waals surface area contributed by atoms with Crippen LogP contribution in [0.5, 0.6) is 0 Å². The molecular weight excluding hydrogens is 198 g/mol. The molecule has 3 nitrogen and oxygen atoms in total. The predicted molar refractivity (Wildman–Crippen MR) is 67.5 cm³/mol. The molecule has 0 amide bonds. The van der Waals surface area contributed by atoms with Crippen LogP contribution in [0.25, 0.3) is 0 Å². The molecule has 1 saturated carbocycles. The monoisotopic (exact) mass is 217 g/mol. The summed E-state index contributed by atoms with van der Waals surface area (Å²) >= 11 is 0. The van der Waals surface area contributed by atoms with Gasteiger partial charge in [-0.3, -0.25) is 4.90 Å². The lowest BCUT2D eigenvalue weighted by Gasteiger charge is -2.17. The zero-order valence-electron chi connectivity index (χ0n) is 9.52. The molecule has 1 saturated heterocycles. The molecule has 2 aliphatic rings. The van der Waals surface area contributed by atoms with Crippen LogP contribution in [0.1, 0.15) is 19.3 Å². The van der Waals surface area contributed by atoms with Crippen molar-refractivity contribution in [2.75, 3.05) is 24.1 Å². The summed E-state index contributed by atoms with van der Waals surface area (Å²) in [6.07, 6.45) is 4.05. The van der Waals surface area contributed by atoms with Crippen molar-refractivity contribution in [1.29, 1.82) is 0 Å². The summed E-state index contributed by atoms with van der Waals surface area (Å²) in [5.41, 5.74) is 7.87. The van der Waals surface area contributed by atoms with Crippen molar-refractivity contribution in [3.05, 3.63) is 24.3 Å². The Balaban J connectivity index is 1.61. The van der Waals surface area contributed by atoms with Crippen LogP contribution in [0, 0.1) is 0 Å². The fourth-order valence-corrected chi connectivity index (χ4v) is 2.52. The van der Waals surface area contributed by atoms with Gasteiger partial charge < -0.3 is 11.1 Å². The maximum Gasteiger partial charge on any atom is 0.0576 e. The highest BCUT2D eigenvalue weighted by molar-refractivity contribution is 5.66. The first-order valence-corrected chi connectivity index (χ1v) is 6.18. The standard InChI is InChI=1S/C13H19N3/c14-12-3-1-2-4-13(12)15-10-7-8-16(9-10)11-5-6-11/h1-4,10-11,15H,5-9,14H2. The number of nitrogens with two attached hydrogens (primary N) is 1. The van der Waals surface area contributed by atoms with Gasteiger partial charge in [0.1, 0.15) is 0 Å². The minimum atomic E-state index is 0.574. The molecule has 86 valence electrons. The lowest BCUT2D eigenvalue weighted by Crippen LogP contribution is -2.27. The van der Waals surface area contributed by atoms with E-state index in [0.717, 1.165) is 17.4 Å². The number of nitrogen functional groups attached to an aromatic ring is 1. The van der Waals surface area contributed by atoms with Crippen molar-refractivity contribution in [1.82, 2.24) is 4.90 Å². The number of hydrogen-bond acceptors (Lipinski definition) is 3. The Kier molecular flexibility index (Phi) is 2.48. The van der Waals surface area contributed by atoms with Gasteiger partial charge in [0.25, 0.3) is 0 Å². The second kappa shape index (κ2) is 3.98. The van der Waals surface area contributed by atoms with Crippen LogP contribution in [0.15, 0.2) is 24.3 Å². The lowest BCUT2D eigenvalue weighted by atomic mass is 10.2. The summed E-state index contributed by atoms with van der Waals surface area (Å²) in [7, 11) is 0. The summed E-state index contributed by atoms with van der Waals surface area (Å²) in [5.74, 6) is 0. The van der Waals surface area contributed by atoms with E-state index in [1.807, 2.05) is 18.2 Å². The van der Waals surface area contributed by atoms with Gasteiger partial charge in [-0.15, -0.1) is 0 Å². The van der Waals surface area contributed by atoms with Crippen LogP contribution in [0.2, 0.25) is 0 Å². The molecule has 1 unspecified atom stereocenters. The molecule has 1 aromatic carbocycles. The molecule has 1 aromatic rings. The fraction of sp³-hybridized carbons (Fsp3) is 0.538. The topological polar surface area (TPSA) is 41.3 Å². The molecule has 1 aliphatic heterocycles. The third-order valence-corrected chi connectivity index (χ3v) is 3.60. The van der Waals surface area contributed by atoms with Crippen molar-refractivity contribution < 1.29 is 0 Å². The Labute approximate surface area is 96.6 Å². The molecule has 16 heavy (non-hydrogen) atoms. The molecule has 0 spiro atoms. The summed E-state index contributed by atoms with van der Waals surface area (Å²) in [4.78, 5) is 2.61. The Morgan fingerprint density at radius 3 is 2.75 bits per heavy atom. The fourth-order valence-electron chi connectivity index (χ4n) is 2.52. The SMILES string of the molecule is Nc1ccccc1NC1CCN(C2CC2)C1. The highest BCUT2D eigenvalue weighted by Gasteiger charge is 2.34. The van der Waals surface area contributed by atoms with E-state index >= 15 is 0 Å². The minimum absolute atomic E-state index is 0.574. The van der Waals surface area contributed by atoms with Gasteiger partial charge in [-0.05, 0) is 31.4 Å². The van der Waals surface area contributed by atoms with E-state index < -0.39 is 0 Å². The van der Waals surface area contributed by atoms with E-state index in [1.165, 1.54) is 32.4 Å². The van der Waals surface area contributed by atoms with Crippen molar-refractivity contribution in [2.24, 2.45) is 0 Å². The van der Waals surface area contributed by atoms with Crippen LogP contribution in [0.3, 0.4) is 0 Å². The third-order valence-electron chi connectivity index (χ3n) is 3.60.